The number of hydrogen-bond donors (Lipinski definition) is 2. The molecule has 2 aromatic rings. The molecule has 2 aromatic heterocycles. The molecule has 2 aliphatic heterocycles. The topological polar surface area (TPSA) is 98.7 Å². The lowest BCUT2D eigenvalue weighted by Gasteiger charge is -2.44. The quantitative estimate of drug-likeness (QED) is 0.720. The molecule has 0 spiro atoms. The molecule has 29 heavy (non-hydrogen) atoms. The molecule has 4 heterocycles. The van der Waals surface area contributed by atoms with Crippen molar-refractivity contribution in [2.24, 2.45) is 5.10 Å². The van der Waals surface area contributed by atoms with Crippen LogP contribution >= 0.6 is 0 Å². The molecule has 0 aromatic carbocycles. The zero-order chi connectivity index (χ0) is 20.4. The highest BCUT2D eigenvalue weighted by Crippen LogP contribution is 2.34. The number of hydrazone groups is 1. The van der Waals surface area contributed by atoms with Gasteiger partial charge in [-0.1, -0.05) is 0 Å². The Bertz CT molecular complexity index is 921. The number of likely N-dealkylation sites (tertiary alicyclic amines) is 1. The fraction of sp³-hybridized carbons (Fsp3) is 0.474. The zero-order valence-electron chi connectivity index (χ0n) is 16.5. The molecule has 0 saturated carbocycles. The number of carbonyl (C=O) groups excluding carboxylic acids is 1. The highest BCUT2D eigenvalue weighted by molar-refractivity contribution is 5.73. The number of hydrogen-bond acceptors (Lipinski definition) is 7. The molecule has 154 valence electrons. The molecular weight excluding hydrogens is 377 g/mol. The first-order valence-corrected chi connectivity index (χ1v) is 9.57. The second-order valence-electron chi connectivity index (χ2n) is 7.53. The number of ether oxygens (including phenoxy) is 1. The fourth-order valence-corrected chi connectivity index (χ4v) is 3.81. The Morgan fingerprint density at radius 2 is 2.14 bits per heavy atom. The number of piperidine rings is 1. The standard InChI is InChI=1S/C19H24FN7O2/c1-13-9-17(24-23-13)22-18-16(20)4-3-15(21-18)10-19(27-12-29-14(2)25-27)5-7-26(11-28)8-6-19/h3-4,9,11H,5-8,10,12H2,1-2H3,(H2,21,22,23,24). The monoisotopic (exact) mass is 401 g/mol. The first-order chi connectivity index (χ1) is 14.0. The van der Waals surface area contributed by atoms with Gasteiger partial charge in [-0.2, -0.15) is 5.10 Å². The van der Waals surface area contributed by atoms with Crippen LogP contribution in [0.25, 0.3) is 0 Å². The predicted molar refractivity (Wildman–Crippen MR) is 105 cm³/mol. The maximum absolute atomic E-state index is 14.3. The third-order valence-electron chi connectivity index (χ3n) is 5.45. The average molecular weight is 401 g/mol. The number of aromatic nitrogens is 3. The van der Waals surface area contributed by atoms with E-state index in [0.29, 0.717) is 38.0 Å². The van der Waals surface area contributed by atoms with Gasteiger partial charge in [0.15, 0.2) is 24.2 Å². The Morgan fingerprint density at radius 1 is 1.34 bits per heavy atom. The van der Waals surface area contributed by atoms with Crippen molar-refractivity contribution in [1.29, 1.82) is 0 Å². The largest absolute Gasteiger partial charge is 0.457 e. The van der Waals surface area contributed by atoms with Gasteiger partial charge < -0.3 is 15.0 Å². The van der Waals surface area contributed by atoms with E-state index in [0.717, 1.165) is 30.6 Å². The number of H-pyrrole nitrogens is 1. The van der Waals surface area contributed by atoms with Crippen LogP contribution < -0.4 is 5.32 Å². The molecule has 0 atom stereocenters. The third kappa shape index (κ3) is 4.01. The van der Waals surface area contributed by atoms with Gasteiger partial charge in [-0.3, -0.25) is 14.9 Å². The summed E-state index contributed by atoms with van der Waals surface area (Å²) in [6.45, 7) is 5.32. The molecule has 1 saturated heterocycles. The van der Waals surface area contributed by atoms with Crippen molar-refractivity contribution in [1.82, 2.24) is 25.1 Å². The molecule has 4 rings (SSSR count). The number of nitrogens with zero attached hydrogens (tertiary/aromatic N) is 5. The number of carbonyl (C=O) groups is 1. The van der Waals surface area contributed by atoms with Gasteiger partial charge >= 0.3 is 0 Å². The minimum Gasteiger partial charge on any atom is -0.457 e. The lowest BCUT2D eigenvalue weighted by Crippen LogP contribution is -2.54. The van der Waals surface area contributed by atoms with Crippen molar-refractivity contribution < 1.29 is 13.9 Å². The molecular formula is C19H24FN7O2. The van der Waals surface area contributed by atoms with E-state index in [1.54, 1.807) is 17.0 Å². The van der Waals surface area contributed by atoms with Gasteiger partial charge in [0.1, 0.15) is 0 Å². The molecule has 9 nitrogen and oxygen atoms in total. The maximum Gasteiger partial charge on any atom is 0.209 e. The SMILES string of the molecule is CC1=NN(C2(Cc3ccc(F)c(Nc4cc(C)[nH]n4)n3)CCN(C=O)CC2)CO1. The summed E-state index contributed by atoms with van der Waals surface area (Å²) in [6, 6.07) is 4.88. The minimum atomic E-state index is -0.447. The Kier molecular flexibility index (Phi) is 5.08. The van der Waals surface area contributed by atoms with Crippen LogP contribution in [0.3, 0.4) is 0 Å². The number of amides is 1. The third-order valence-corrected chi connectivity index (χ3v) is 5.45. The Balaban J connectivity index is 1.59. The summed E-state index contributed by atoms with van der Waals surface area (Å²) in [5, 5.41) is 16.3. The van der Waals surface area contributed by atoms with Gasteiger partial charge in [0.25, 0.3) is 0 Å². The van der Waals surface area contributed by atoms with Gasteiger partial charge in [-0.15, -0.1) is 5.10 Å². The highest BCUT2D eigenvalue weighted by Gasteiger charge is 2.42. The molecule has 1 fully saturated rings. The number of anilines is 2. The maximum atomic E-state index is 14.3. The van der Waals surface area contributed by atoms with E-state index in [9.17, 15) is 9.18 Å². The lowest BCUT2D eigenvalue weighted by molar-refractivity contribution is -0.121. The average Bonchev–Trinajstić information content (AvgIpc) is 3.33. The van der Waals surface area contributed by atoms with Gasteiger partial charge in [0, 0.05) is 43.9 Å². The molecule has 0 bridgehead atoms. The van der Waals surface area contributed by atoms with Crippen molar-refractivity contribution in [2.45, 2.75) is 38.6 Å². The van der Waals surface area contributed by atoms with Crippen LogP contribution in [0.5, 0.6) is 0 Å². The van der Waals surface area contributed by atoms with Crippen LogP contribution in [0.4, 0.5) is 16.0 Å². The molecule has 10 heteroatoms. The van der Waals surface area contributed by atoms with Gasteiger partial charge in [-0.05, 0) is 31.9 Å². The summed E-state index contributed by atoms with van der Waals surface area (Å²) in [5.74, 6) is 0.808. The number of aryl methyl sites for hydroxylation is 1. The zero-order valence-corrected chi connectivity index (χ0v) is 16.5. The van der Waals surface area contributed by atoms with Gasteiger partial charge in [0.05, 0.1) is 5.54 Å². The normalized spacial score (nSPS) is 18.4. The smallest absolute Gasteiger partial charge is 0.209 e. The van der Waals surface area contributed by atoms with Crippen molar-refractivity contribution in [2.75, 3.05) is 25.1 Å². The number of aromatic amines is 1. The Morgan fingerprint density at radius 3 is 2.76 bits per heavy atom. The van der Waals surface area contributed by atoms with Crippen LogP contribution in [0.1, 0.15) is 31.2 Å². The first-order valence-electron chi connectivity index (χ1n) is 9.57. The summed E-state index contributed by atoms with van der Waals surface area (Å²) < 4.78 is 19.9. The minimum absolute atomic E-state index is 0.131. The molecule has 0 unspecified atom stereocenters. The van der Waals surface area contributed by atoms with E-state index in [1.807, 2.05) is 18.9 Å². The van der Waals surface area contributed by atoms with E-state index in [4.69, 9.17) is 4.74 Å². The van der Waals surface area contributed by atoms with E-state index < -0.39 is 5.82 Å². The van der Waals surface area contributed by atoms with E-state index >= 15 is 0 Å². The van der Waals surface area contributed by atoms with Crippen LogP contribution in [-0.4, -0.2) is 62.8 Å². The van der Waals surface area contributed by atoms with Crippen molar-refractivity contribution >= 4 is 23.9 Å². The Labute approximate surface area is 167 Å². The van der Waals surface area contributed by atoms with E-state index in [1.165, 1.54) is 6.07 Å². The number of pyridine rings is 1. The molecule has 0 aliphatic carbocycles. The molecule has 2 N–H and O–H groups in total. The number of halogens is 1. The fourth-order valence-electron chi connectivity index (χ4n) is 3.81. The summed E-state index contributed by atoms with van der Waals surface area (Å²) in [4.78, 5) is 17.4. The summed E-state index contributed by atoms with van der Waals surface area (Å²) in [5.41, 5.74) is 1.26. The molecule has 1 amide bonds. The summed E-state index contributed by atoms with van der Waals surface area (Å²) in [6.07, 6.45) is 2.90. The Hall–Kier alpha value is -3.17. The van der Waals surface area contributed by atoms with Crippen LogP contribution in [0.2, 0.25) is 0 Å². The summed E-state index contributed by atoms with van der Waals surface area (Å²) >= 11 is 0. The highest BCUT2D eigenvalue weighted by atomic mass is 19.1. The first kappa shape index (κ1) is 19.2. The predicted octanol–water partition coefficient (Wildman–Crippen LogP) is 2.15. The molecule has 0 radical (unpaired) electrons. The lowest BCUT2D eigenvalue weighted by atomic mass is 9.82. The van der Waals surface area contributed by atoms with Crippen LogP contribution in [0.15, 0.2) is 23.3 Å². The van der Waals surface area contributed by atoms with Crippen molar-refractivity contribution in [3.63, 3.8) is 0 Å². The molecule has 2 aliphatic rings. The second-order valence-corrected chi connectivity index (χ2v) is 7.53. The van der Waals surface area contributed by atoms with Crippen molar-refractivity contribution in [3.8, 4) is 0 Å². The second kappa shape index (κ2) is 7.69. The van der Waals surface area contributed by atoms with E-state index in [2.05, 4.69) is 25.6 Å². The van der Waals surface area contributed by atoms with Gasteiger partial charge in [-0.25, -0.2) is 9.37 Å². The van der Waals surface area contributed by atoms with Crippen LogP contribution in [0, 0.1) is 12.7 Å². The summed E-state index contributed by atoms with van der Waals surface area (Å²) in [7, 11) is 0. The number of rotatable bonds is 6. The van der Waals surface area contributed by atoms with Crippen molar-refractivity contribution in [3.05, 3.63) is 35.4 Å². The van der Waals surface area contributed by atoms with E-state index in [-0.39, 0.29) is 11.4 Å². The number of nitrogens with one attached hydrogen (secondary N) is 2. The van der Waals surface area contributed by atoms with Gasteiger partial charge in [0.2, 0.25) is 12.3 Å². The van der Waals surface area contributed by atoms with Crippen LogP contribution in [-0.2, 0) is 16.0 Å².